The van der Waals surface area contributed by atoms with Crippen molar-refractivity contribution in [3.8, 4) is 23.7 Å². The maximum absolute atomic E-state index is 8.68. The molecule has 0 radical (unpaired) electrons. The molecule has 0 heterocycles. The molecule has 2 nitrogen and oxygen atoms in total. The third-order valence-electron chi connectivity index (χ3n) is 4.16. The average Bonchev–Trinajstić information content (AvgIpc) is 2.60. The molecule has 0 unspecified atom stereocenters. The summed E-state index contributed by atoms with van der Waals surface area (Å²) in [5, 5.41) is 17.4. The second-order valence-corrected chi connectivity index (χ2v) is 6.50. The minimum atomic E-state index is 0.335. The van der Waals surface area contributed by atoms with Gasteiger partial charge in [-0.15, -0.1) is 0 Å². The standard InChI is InChI=1S/C22H38O2/c23-21-19-17-15-13-11-9-7-5-3-1-2-4-6-8-10-12-14-16-18-20-22-24/h23-24H,5-22H2. The van der Waals surface area contributed by atoms with Crippen molar-refractivity contribution in [3.63, 3.8) is 0 Å². The normalized spacial score (nSPS) is 9.92. The van der Waals surface area contributed by atoms with E-state index in [1.807, 2.05) is 0 Å². The van der Waals surface area contributed by atoms with Gasteiger partial charge in [-0.05, 0) is 37.5 Å². The highest BCUT2D eigenvalue weighted by Gasteiger charge is 1.91. The third kappa shape index (κ3) is 21.0. The molecule has 0 aliphatic carbocycles. The first-order valence-electron chi connectivity index (χ1n) is 10.1. The molecule has 0 aromatic rings. The molecule has 138 valence electrons. The first-order chi connectivity index (χ1) is 11.9. The Morgan fingerprint density at radius 1 is 0.375 bits per heavy atom. The van der Waals surface area contributed by atoms with Crippen molar-refractivity contribution >= 4 is 0 Å². The Balaban J connectivity index is 3.23. The lowest BCUT2D eigenvalue weighted by atomic mass is 10.1. The molecule has 0 bridgehead atoms. The van der Waals surface area contributed by atoms with Crippen LogP contribution in [0.1, 0.15) is 103 Å². The van der Waals surface area contributed by atoms with Crippen LogP contribution >= 0.6 is 0 Å². The van der Waals surface area contributed by atoms with Crippen molar-refractivity contribution < 1.29 is 10.2 Å². The molecular formula is C22H38O2. The zero-order valence-electron chi connectivity index (χ0n) is 15.6. The Morgan fingerprint density at radius 2 is 0.667 bits per heavy atom. The summed E-state index contributed by atoms with van der Waals surface area (Å²) in [6.45, 7) is 0.671. The number of aliphatic hydroxyl groups is 2. The van der Waals surface area contributed by atoms with Crippen LogP contribution in [0, 0.1) is 23.7 Å². The highest BCUT2D eigenvalue weighted by atomic mass is 16.3. The summed E-state index contributed by atoms with van der Waals surface area (Å²) in [6.07, 6.45) is 18.7. The Labute approximate surface area is 150 Å². The Bertz CT molecular complexity index is 318. The molecule has 0 fully saturated rings. The molecule has 0 rings (SSSR count). The molecule has 0 aromatic carbocycles. The SMILES string of the molecule is OCCCCCCCCCC#CC#CCCCCCCCCCO. The molecule has 0 saturated carbocycles. The van der Waals surface area contributed by atoms with E-state index in [0.29, 0.717) is 13.2 Å². The van der Waals surface area contributed by atoms with Crippen LogP contribution in [0.15, 0.2) is 0 Å². The van der Waals surface area contributed by atoms with Crippen molar-refractivity contribution in [1.29, 1.82) is 0 Å². The zero-order chi connectivity index (χ0) is 17.6. The molecule has 2 N–H and O–H groups in total. The van der Waals surface area contributed by atoms with E-state index < -0.39 is 0 Å². The Morgan fingerprint density at radius 3 is 1.00 bits per heavy atom. The van der Waals surface area contributed by atoms with Crippen molar-refractivity contribution in [2.45, 2.75) is 103 Å². The maximum Gasteiger partial charge on any atom is 0.0431 e. The molecule has 2 heteroatoms. The summed E-state index contributed by atoms with van der Waals surface area (Å²) in [7, 11) is 0. The van der Waals surface area contributed by atoms with E-state index in [9.17, 15) is 0 Å². The van der Waals surface area contributed by atoms with Crippen molar-refractivity contribution in [2.24, 2.45) is 0 Å². The Hall–Kier alpha value is -0.960. The third-order valence-corrected chi connectivity index (χ3v) is 4.16. The highest BCUT2D eigenvalue weighted by Crippen LogP contribution is 2.08. The van der Waals surface area contributed by atoms with Crippen molar-refractivity contribution in [1.82, 2.24) is 0 Å². The lowest BCUT2D eigenvalue weighted by Crippen LogP contribution is -1.84. The van der Waals surface area contributed by atoms with Crippen LogP contribution in [0.3, 0.4) is 0 Å². The fourth-order valence-corrected chi connectivity index (χ4v) is 2.63. The van der Waals surface area contributed by atoms with E-state index in [1.165, 1.54) is 64.2 Å². The average molecular weight is 335 g/mol. The fraction of sp³-hybridized carbons (Fsp3) is 0.818. The molecule has 0 atom stereocenters. The predicted molar refractivity (Wildman–Crippen MR) is 104 cm³/mol. The van der Waals surface area contributed by atoms with Crippen LogP contribution < -0.4 is 0 Å². The summed E-state index contributed by atoms with van der Waals surface area (Å²) in [4.78, 5) is 0. The van der Waals surface area contributed by atoms with Gasteiger partial charge in [0.1, 0.15) is 0 Å². The van der Waals surface area contributed by atoms with Crippen LogP contribution in [0.2, 0.25) is 0 Å². The van der Waals surface area contributed by atoms with Gasteiger partial charge in [0.15, 0.2) is 0 Å². The van der Waals surface area contributed by atoms with Crippen LogP contribution in [0.25, 0.3) is 0 Å². The van der Waals surface area contributed by atoms with E-state index >= 15 is 0 Å². The molecule has 0 aliphatic rings. The van der Waals surface area contributed by atoms with E-state index in [-0.39, 0.29) is 0 Å². The van der Waals surface area contributed by atoms with Crippen LogP contribution in [-0.2, 0) is 0 Å². The first kappa shape index (κ1) is 23.0. The van der Waals surface area contributed by atoms with Crippen molar-refractivity contribution in [3.05, 3.63) is 0 Å². The van der Waals surface area contributed by atoms with E-state index in [1.54, 1.807) is 0 Å². The number of hydrogen-bond acceptors (Lipinski definition) is 2. The quantitative estimate of drug-likeness (QED) is 0.300. The summed E-state index contributed by atoms with van der Waals surface area (Å²) >= 11 is 0. The van der Waals surface area contributed by atoms with E-state index in [4.69, 9.17) is 10.2 Å². The summed E-state index contributed by atoms with van der Waals surface area (Å²) in [5.74, 6) is 12.2. The van der Waals surface area contributed by atoms with Crippen molar-refractivity contribution in [2.75, 3.05) is 13.2 Å². The topological polar surface area (TPSA) is 40.5 Å². The summed E-state index contributed by atoms with van der Waals surface area (Å²) in [6, 6.07) is 0. The van der Waals surface area contributed by atoms with Gasteiger partial charge in [-0.2, -0.15) is 0 Å². The lowest BCUT2D eigenvalue weighted by molar-refractivity contribution is 0.282. The molecule has 0 saturated heterocycles. The van der Waals surface area contributed by atoms with Crippen LogP contribution in [0.4, 0.5) is 0 Å². The van der Waals surface area contributed by atoms with Crippen LogP contribution in [0.5, 0.6) is 0 Å². The maximum atomic E-state index is 8.68. The van der Waals surface area contributed by atoms with Gasteiger partial charge in [0, 0.05) is 26.1 Å². The fourth-order valence-electron chi connectivity index (χ4n) is 2.63. The molecule has 0 amide bonds. The predicted octanol–water partition coefficient (Wildman–Crippen LogP) is 5.22. The second-order valence-electron chi connectivity index (χ2n) is 6.50. The number of rotatable bonds is 16. The van der Waals surface area contributed by atoms with Gasteiger partial charge in [-0.3, -0.25) is 0 Å². The van der Waals surface area contributed by atoms with E-state index in [2.05, 4.69) is 23.7 Å². The lowest BCUT2D eigenvalue weighted by Gasteiger charge is -1.98. The monoisotopic (exact) mass is 334 g/mol. The number of aliphatic hydroxyl groups excluding tert-OH is 2. The van der Waals surface area contributed by atoms with Gasteiger partial charge in [-0.1, -0.05) is 76.0 Å². The summed E-state index contributed by atoms with van der Waals surface area (Å²) in [5.41, 5.74) is 0. The van der Waals surface area contributed by atoms with E-state index in [0.717, 1.165) is 38.5 Å². The van der Waals surface area contributed by atoms with Crippen LogP contribution in [-0.4, -0.2) is 23.4 Å². The summed E-state index contributed by atoms with van der Waals surface area (Å²) < 4.78 is 0. The molecule has 0 spiro atoms. The van der Waals surface area contributed by atoms with Gasteiger partial charge >= 0.3 is 0 Å². The van der Waals surface area contributed by atoms with Gasteiger partial charge in [0.25, 0.3) is 0 Å². The molecule has 0 aromatic heterocycles. The molecule has 24 heavy (non-hydrogen) atoms. The van der Waals surface area contributed by atoms with Gasteiger partial charge < -0.3 is 10.2 Å². The second kappa shape index (κ2) is 22.0. The van der Waals surface area contributed by atoms with Gasteiger partial charge in [-0.25, -0.2) is 0 Å². The first-order valence-corrected chi connectivity index (χ1v) is 10.1. The van der Waals surface area contributed by atoms with Gasteiger partial charge in [0.05, 0.1) is 0 Å². The highest BCUT2D eigenvalue weighted by molar-refractivity contribution is 5.25. The minimum Gasteiger partial charge on any atom is -0.396 e. The Kier molecular flexibility index (Phi) is 21.2. The number of unbranched alkanes of at least 4 members (excludes halogenated alkanes) is 14. The molecule has 0 aliphatic heterocycles. The number of hydrogen-bond donors (Lipinski definition) is 2. The zero-order valence-corrected chi connectivity index (χ0v) is 15.6. The molecular weight excluding hydrogens is 296 g/mol. The largest absolute Gasteiger partial charge is 0.396 e. The smallest absolute Gasteiger partial charge is 0.0431 e. The van der Waals surface area contributed by atoms with Gasteiger partial charge in [0.2, 0.25) is 0 Å². The minimum absolute atomic E-state index is 0.335.